The number of carbonyl (C=O) groups excluding carboxylic acids is 1. The molecule has 2 rings (SSSR count). The standard InChI is InChI=1S/C15H20Cl2N2O2.ClH/c1-9(21-14-7-10(16)6-11(17)8-14)15(20)19-13-4-2-12(18)3-5-13;/h6-9,12-13H,2-5,18H2,1H3,(H,19,20);1H. The minimum atomic E-state index is -0.602. The van der Waals surface area contributed by atoms with Crippen molar-refractivity contribution in [2.75, 3.05) is 0 Å². The quantitative estimate of drug-likeness (QED) is 0.855. The minimum absolute atomic E-state index is 0. The number of hydrogen-bond donors (Lipinski definition) is 2. The predicted molar refractivity (Wildman–Crippen MR) is 92.2 cm³/mol. The van der Waals surface area contributed by atoms with Crippen molar-refractivity contribution < 1.29 is 9.53 Å². The fourth-order valence-corrected chi connectivity index (χ4v) is 2.94. The topological polar surface area (TPSA) is 64.3 Å². The first-order valence-electron chi connectivity index (χ1n) is 7.12. The van der Waals surface area contributed by atoms with E-state index < -0.39 is 6.10 Å². The second kappa shape index (κ2) is 8.82. The van der Waals surface area contributed by atoms with Gasteiger partial charge >= 0.3 is 0 Å². The van der Waals surface area contributed by atoms with Crippen molar-refractivity contribution in [1.29, 1.82) is 0 Å². The third kappa shape index (κ3) is 5.84. The summed E-state index contributed by atoms with van der Waals surface area (Å²) in [5.41, 5.74) is 5.86. The molecule has 0 heterocycles. The van der Waals surface area contributed by atoms with Gasteiger partial charge in [0.1, 0.15) is 5.75 Å². The van der Waals surface area contributed by atoms with Crippen LogP contribution in [0.5, 0.6) is 5.75 Å². The summed E-state index contributed by atoms with van der Waals surface area (Å²) in [6.45, 7) is 1.71. The average molecular weight is 368 g/mol. The summed E-state index contributed by atoms with van der Waals surface area (Å²) in [7, 11) is 0. The summed E-state index contributed by atoms with van der Waals surface area (Å²) in [5, 5.41) is 3.96. The van der Waals surface area contributed by atoms with Crippen LogP contribution in [0.4, 0.5) is 0 Å². The Morgan fingerprint density at radius 1 is 1.23 bits per heavy atom. The van der Waals surface area contributed by atoms with Gasteiger partial charge in [0.05, 0.1) is 0 Å². The van der Waals surface area contributed by atoms with Crippen molar-refractivity contribution in [3.05, 3.63) is 28.2 Å². The zero-order valence-corrected chi connectivity index (χ0v) is 14.7. The second-order valence-corrected chi connectivity index (χ2v) is 6.36. The van der Waals surface area contributed by atoms with E-state index in [0.29, 0.717) is 15.8 Å². The lowest BCUT2D eigenvalue weighted by Gasteiger charge is -2.28. The number of amides is 1. The van der Waals surface area contributed by atoms with Gasteiger partial charge in [0.25, 0.3) is 5.91 Å². The van der Waals surface area contributed by atoms with E-state index in [-0.39, 0.29) is 30.4 Å². The summed E-state index contributed by atoms with van der Waals surface area (Å²) in [4.78, 5) is 12.1. The molecule has 1 saturated carbocycles. The van der Waals surface area contributed by atoms with E-state index in [2.05, 4.69) is 5.32 Å². The fourth-order valence-electron chi connectivity index (χ4n) is 2.44. The van der Waals surface area contributed by atoms with E-state index in [1.807, 2.05) is 0 Å². The van der Waals surface area contributed by atoms with E-state index in [0.717, 1.165) is 25.7 Å². The molecule has 0 saturated heterocycles. The lowest BCUT2D eigenvalue weighted by atomic mass is 9.92. The number of rotatable bonds is 4. The Bertz CT molecular complexity index is 485. The smallest absolute Gasteiger partial charge is 0.260 e. The first-order valence-corrected chi connectivity index (χ1v) is 7.88. The number of hydrogen-bond acceptors (Lipinski definition) is 3. The number of ether oxygens (including phenoxy) is 1. The summed E-state index contributed by atoms with van der Waals surface area (Å²) >= 11 is 11.8. The van der Waals surface area contributed by atoms with Gasteiger partial charge in [0, 0.05) is 22.1 Å². The Morgan fingerprint density at radius 3 is 2.32 bits per heavy atom. The van der Waals surface area contributed by atoms with Gasteiger partial charge in [-0.05, 0) is 50.8 Å². The van der Waals surface area contributed by atoms with E-state index >= 15 is 0 Å². The maximum absolute atomic E-state index is 12.1. The van der Waals surface area contributed by atoms with Crippen LogP contribution in [0.15, 0.2) is 18.2 Å². The van der Waals surface area contributed by atoms with Crippen LogP contribution in [-0.4, -0.2) is 24.1 Å². The Hall–Kier alpha value is -0.680. The predicted octanol–water partition coefficient (Wildman–Crippen LogP) is 3.57. The molecule has 1 aliphatic rings. The fraction of sp³-hybridized carbons (Fsp3) is 0.533. The highest BCUT2D eigenvalue weighted by Gasteiger charge is 2.23. The molecule has 1 amide bonds. The number of halogens is 3. The Balaban J connectivity index is 0.00000242. The first-order chi connectivity index (χ1) is 9.94. The zero-order valence-electron chi connectivity index (χ0n) is 12.4. The molecule has 0 aromatic heterocycles. The molecule has 1 aromatic rings. The van der Waals surface area contributed by atoms with Gasteiger partial charge in [-0.15, -0.1) is 12.4 Å². The van der Waals surface area contributed by atoms with Crippen LogP contribution in [-0.2, 0) is 4.79 Å². The van der Waals surface area contributed by atoms with Gasteiger partial charge in [0.2, 0.25) is 0 Å². The third-order valence-corrected chi connectivity index (χ3v) is 4.07. The number of benzene rings is 1. The van der Waals surface area contributed by atoms with Crippen LogP contribution in [0.3, 0.4) is 0 Å². The van der Waals surface area contributed by atoms with Crippen molar-refractivity contribution in [1.82, 2.24) is 5.32 Å². The molecule has 0 radical (unpaired) electrons. The molecule has 0 spiro atoms. The molecule has 1 aromatic carbocycles. The highest BCUT2D eigenvalue weighted by atomic mass is 35.5. The monoisotopic (exact) mass is 366 g/mol. The average Bonchev–Trinajstić information content (AvgIpc) is 2.40. The van der Waals surface area contributed by atoms with Crippen LogP contribution in [0.1, 0.15) is 32.6 Å². The van der Waals surface area contributed by atoms with E-state index in [9.17, 15) is 4.79 Å². The maximum Gasteiger partial charge on any atom is 0.260 e. The number of nitrogens with one attached hydrogen (secondary N) is 1. The molecule has 3 N–H and O–H groups in total. The maximum atomic E-state index is 12.1. The summed E-state index contributed by atoms with van der Waals surface area (Å²) in [6.07, 6.45) is 3.13. The van der Waals surface area contributed by atoms with E-state index in [1.165, 1.54) is 0 Å². The third-order valence-electron chi connectivity index (χ3n) is 3.64. The van der Waals surface area contributed by atoms with Crippen molar-refractivity contribution in [3.8, 4) is 5.75 Å². The molecule has 0 bridgehead atoms. The summed E-state index contributed by atoms with van der Waals surface area (Å²) in [5.74, 6) is 0.354. The number of carbonyl (C=O) groups is 1. The lowest BCUT2D eigenvalue weighted by Crippen LogP contribution is -2.45. The second-order valence-electron chi connectivity index (χ2n) is 5.49. The molecule has 4 nitrogen and oxygen atoms in total. The summed E-state index contributed by atoms with van der Waals surface area (Å²) < 4.78 is 5.59. The molecule has 1 atom stereocenters. The van der Waals surface area contributed by atoms with E-state index in [4.69, 9.17) is 33.7 Å². The lowest BCUT2D eigenvalue weighted by molar-refractivity contribution is -0.128. The highest BCUT2D eigenvalue weighted by Crippen LogP contribution is 2.25. The van der Waals surface area contributed by atoms with Crippen LogP contribution in [0.25, 0.3) is 0 Å². The summed E-state index contributed by atoms with van der Waals surface area (Å²) in [6, 6.07) is 5.34. The van der Waals surface area contributed by atoms with Gasteiger partial charge in [-0.1, -0.05) is 23.2 Å². The Kier molecular flexibility index (Phi) is 7.77. The SMILES string of the molecule is CC(Oc1cc(Cl)cc(Cl)c1)C(=O)NC1CCC(N)CC1.Cl. The molecular formula is C15H21Cl3N2O2. The Labute approximate surface area is 147 Å². The van der Waals surface area contributed by atoms with Gasteiger partial charge < -0.3 is 15.8 Å². The normalized spacial score (nSPS) is 22.4. The van der Waals surface area contributed by atoms with Crippen LogP contribution in [0, 0.1) is 0 Å². The van der Waals surface area contributed by atoms with Crippen molar-refractivity contribution in [2.24, 2.45) is 5.73 Å². The van der Waals surface area contributed by atoms with Gasteiger partial charge in [0.15, 0.2) is 6.10 Å². The molecule has 1 unspecified atom stereocenters. The van der Waals surface area contributed by atoms with Crippen molar-refractivity contribution in [3.63, 3.8) is 0 Å². The van der Waals surface area contributed by atoms with Gasteiger partial charge in [-0.3, -0.25) is 4.79 Å². The molecule has 124 valence electrons. The van der Waals surface area contributed by atoms with E-state index in [1.54, 1.807) is 25.1 Å². The van der Waals surface area contributed by atoms with Crippen molar-refractivity contribution >= 4 is 41.5 Å². The first kappa shape index (κ1) is 19.4. The largest absolute Gasteiger partial charge is 0.481 e. The number of nitrogens with two attached hydrogens (primary N) is 1. The van der Waals surface area contributed by atoms with Gasteiger partial charge in [-0.25, -0.2) is 0 Å². The molecule has 1 fully saturated rings. The molecule has 0 aliphatic heterocycles. The van der Waals surface area contributed by atoms with Gasteiger partial charge in [-0.2, -0.15) is 0 Å². The van der Waals surface area contributed by atoms with Crippen LogP contribution >= 0.6 is 35.6 Å². The Morgan fingerprint density at radius 2 is 1.77 bits per heavy atom. The van der Waals surface area contributed by atoms with Crippen molar-refractivity contribution in [2.45, 2.75) is 50.8 Å². The molecular weight excluding hydrogens is 347 g/mol. The molecule has 7 heteroatoms. The highest BCUT2D eigenvalue weighted by molar-refractivity contribution is 6.34. The minimum Gasteiger partial charge on any atom is -0.481 e. The van der Waals surface area contributed by atoms with Crippen LogP contribution < -0.4 is 15.8 Å². The molecule has 1 aliphatic carbocycles. The van der Waals surface area contributed by atoms with Crippen LogP contribution in [0.2, 0.25) is 10.0 Å². The zero-order chi connectivity index (χ0) is 15.4. The molecule has 22 heavy (non-hydrogen) atoms.